The topological polar surface area (TPSA) is 76.9 Å². The van der Waals surface area contributed by atoms with Crippen molar-refractivity contribution in [2.75, 3.05) is 0 Å². The van der Waals surface area contributed by atoms with E-state index in [0.717, 1.165) is 9.13 Å². The van der Waals surface area contributed by atoms with Crippen molar-refractivity contribution in [3.05, 3.63) is 31.5 Å². The van der Waals surface area contributed by atoms with Crippen LogP contribution >= 0.6 is 0 Å². The molecule has 0 atom stereocenters. The highest BCUT2D eigenvalue weighted by Crippen LogP contribution is 1.52. The summed E-state index contributed by atoms with van der Waals surface area (Å²) in [5.41, 5.74) is -2.02. The highest BCUT2D eigenvalue weighted by atomic mass is 16.2. The minimum absolute atomic E-state index is 0.626. The van der Waals surface area contributed by atoms with Crippen LogP contribution in [0, 0.1) is 0 Å². The normalized spacial score (nSPS) is 8.13. The first-order valence-electron chi connectivity index (χ1n) is 4.90. The average molecular weight is 217 g/mol. The average Bonchev–Trinajstić information content (AvgIpc) is 2.29. The van der Waals surface area contributed by atoms with Gasteiger partial charge in [0, 0.05) is 14.1 Å². The lowest BCUT2D eigenvalue weighted by Crippen LogP contribution is -2.46. The molecule has 0 amide bonds. The number of nitrogens with zero attached hydrogens (tertiary/aromatic N) is 2. The van der Waals surface area contributed by atoms with Gasteiger partial charge in [0.05, 0.1) is 0 Å². The van der Waals surface area contributed by atoms with Crippen LogP contribution in [0.5, 0.6) is 0 Å². The van der Waals surface area contributed by atoms with Crippen molar-refractivity contribution in [2.45, 2.75) is 27.7 Å². The van der Waals surface area contributed by atoms with E-state index in [1.54, 1.807) is 0 Å². The van der Waals surface area contributed by atoms with Gasteiger partial charge in [-0.05, 0) is 0 Å². The van der Waals surface area contributed by atoms with Gasteiger partial charge in [-0.15, -0.1) is 0 Å². The molecule has 6 nitrogen and oxygen atoms in total. The van der Waals surface area contributed by atoms with Crippen LogP contribution < -0.4 is 17.1 Å². The number of H-pyrrole nitrogens is 1. The summed E-state index contributed by atoms with van der Waals surface area (Å²) in [5.74, 6) is 0. The minimum Gasteiger partial charge on any atom is -0.259 e. The monoisotopic (exact) mass is 217 g/mol. The third-order valence-electron chi connectivity index (χ3n) is 1.40. The van der Waals surface area contributed by atoms with Crippen molar-refractivity contribution in [3.63, 3.8) is 0 Å². The molecular weight excluding hydrogens is 198 g/mol. The fourth-order valence-electron chi connectivity index (χ4n) is 0.658. The molecule has 0 aromatic carbocycles. The van der Waals surface area contributed by atoms with E-state index < -0.39 is 17.1 Å². The summed E-state index contributed by atoms with van der Waals surface area (Å²) in [6.45, 7) is 8.00. The van der Waals surface area contributed by atoms with Gasteiger partial charge < -0.3 is 0 Å². The number of nitrogens with one attached hydrogen (secondary N) is 1. The summed E-state index contributed by atoms with van der Waals surface area (Å²) in [6, 6.07) is 0. The fourth-order valence-corrected chi connectivity index (χ4v) is 0.658. The van der Waals surface area contributed by atoms with Crippen molar-refractivity contribution in [1.29, 1.82) is 0 Å². The summed E-state index contributed by atoms with van der Waals surface area (Å²) in [5, 5.41) is 0. The third kappa shape index (κ3) is 3.97. The molecular formula is C9H19N3O3. The first-order chi connectivity index (χ1) is 7.04. The smallest absolute Gasteiger partial charge is 0.259 e. The van der Waals surface area contributed by atoms with E-state index in [9.17, 15) is 14.4 Å². The zero-order valence-corrected chi connectivity index (χ0v) is 10.1. The van der Waals surface area contributed by atoms with Crippen LogP contribution in [-0.2, 0) is 14.1 Å². The second-order valence-electron chi connectivity index (χ2n) is 2.14. The van der Waals surface area contributed by atoms with E-state index >= 15 is 0 Å². The molecule has 0 unspecified atom stereocenters. The molecule has 0 aliphatic heterocycles. The maximum atomic E-state index is 10.9. The summed E-state index contributed by atoms with van der Waals surface area (Å²) < 4.78 is 1.64. The zero-order valence-electron chi connectivity index (χ0n) is 10.1. The highest BCUT2D eigenvalue weighted by Gasteiger charge is 1.99. The second kappa shape index (κ2) is 7.78. The van der Waals surface area contributed by atoms with Crippen molar-refractivity contribution in [3.8, 4) is 0 Å². The van der Waals surface area contributed by atoms with Gasteiger partial charge in [0.15, 0.2) is 0 Å². The summed E-state index contributed by atoms with van der Waals surface area (Å²) >= 11 is 0. The van der Waals surface area contributed by atoms with Gasteiger partial charge in [-0.2, -0.15) is 0 Å². The SMILES string of the molecule is CC.CC.Cn1c(=O)[nH]c(=O)n(C)c1=O. The molecule has 0 radical (unpaired) electrons. The van der Waals surface area contributed by atoms with Crippen molar-refractivity contribution < 1.29 is 0 Å². The number of aromatic nitrogens is 3. The molecule has 0 bridgehead atoms. The Morgan fingerprint density at radius 3 is 1.33 bits per heavy atom. The van der Waals surface area contributed by atoms with Crippen LogP contribution in [0.15, 0.2) is 14.4 Å². The maximum Gasteiger partial charge on any atom is 0.335 e. The Morgan fingerprint density at radius 2 is 1.07 bits per heavy atom. The number of aromatic amines is 1. The Kier molecular flexibility index (Phi) is 8.23. The van der Waals surface area contributed by atoms with Crippen LogP contribution in [0.3, 0.4) is 0 Å². The molecule has 15 heavy (non-hydrogen) atoms. The molecule has 1 rings (SSSR count). The Hall–Kier alpha value is -1.59. The van der Waals surface area contributed by atoms with Gasteiger partial charge in [-0.25, -0.2) is 23.5 Å². The molecule has 0 aliphatic rings. The van der Waals surface area contributed by atoms with Crippen molar-refractivity contribution in [1.82, 2.24) is 14.1 Å². The summed E-state index contributed by atoms with van der Waals surface area (Å²) in [7, 11) is 2.58. The summed E-state index contributed by atoms with van der Waals surface area (Å²) in [6.07, 6.45) is 0. The Balaban J connectivity index is 0. The number of hydrogen-bond acceptors (Lipinski definition) is 3. The van der Waals surface area contributed by atoms with Gasteiger partial charge in [-0.1, -0.05) is 27.7 Å². The molecule has 1 heterocycles. The van der Waals surface area contributed by atoms with Crippen molar-refractivity contribution in [2.24, 2.45) is 14.1 Å². The molecule has 1 aromatic rings. The molecule has 6 heteroatoms. The van der Waals surface area contributed by atoms with Crippen LogP contribution in [0.2, 0.25) is 0 Å². The van der Waals surface area contributed by atoms with Gasteiger partial charge in [0.2, 0.25) is 0 Å². The molecule has 0 aliphatic carbocycles. The lowest BCUT2D eigenvalue weighted by Gasteiger charge is -1.96. The van der Waals surface area contributed by atoms with Crippen molar-refractivity contribution >= 4 is 0 Å². The standard InChI is InChI=1S/C5H7N3O3.2C2H6/c1-7-3(9)6-4(10)8(2)5(7)11;2*1-2/h1-2H3,(H,6,9,10);2*1-2H3. The van der Waals surface area contributed by atoms with E-state index in [4.69, 9.17) is 0 Å². The second-order valence-corrected chi connectivity index (χ2v) is 2.14. The first-order valence-corrected chi connectivity index (χ1v) is 4.90. The first kappa shape index (κ1) is 15.9. The van der Waals surface area contributed by atoms with Gasteiger partial charge in [-0.3, -0.25) is 4.98 Å². The van der Waals surface area contributed by atoms with E-state index in [-0.39, 0.29) is 0 Å². The lowest BCUT2D eigenvalue weighted by atomic mass is 10.9. The quantitative estimate of drug-likeness (QED) is 0.655. The van der Waals surface area contributed by atoms with Gasteiger partial charge in [0.1, 0.15) is 0 Å². The highest BCUT2D eigenvalue weighted by molar-refractivity contribution is 4.69. The molecule has 1 aromatic heterocycles. The molecule has 0 spiro atoms. The fraction of sp³-hybridized carbons (Fsp3) is 0.667. The van der Waals surface area contributed by atoms with Crippen LogP contribution in [0.25, 0.3) is 0 Å². The van der Waals surface area contributed by atoms with E-state index in [2.05, 4.69) is 0 Å². The molecule has 1 N–H and O–H groups in total. The van der Waals surface area contributed by atoms with Gasteiger partial charge >= 0.3 is 17.1 Å². The van der Waals surface area contributed by atoms with Crippen LogP contribution in [0.4, 0.5) is 0 Å². The van der Waals surface area contributed by atoms with Gasteiger partial charge in [0.25, 0.3) is 0 Å². The number of hydrogen-bond donors (Lipinski definition) is 1. The lowest BCUT2D eigenvalue weighted by molar-refractivity contribution is 0.619. The van der Waals surface area contributed by atoms with E-state index in [1.165, 1.54) is 14.1 Å². The van der Waals surface area contributed by atoms with E-state index in [1.807, 2.05) is 32.7 Å². The predicted octanol–water partition coefficient (Wildman–Crippen LogP) is -0.175. The number of rotatable bonds is 0. The summed E-state index contributed by atoms with van der Waals surface area (Å²) in [4.78, 5) is 34.3. The Bertz CT molecular complexity index is 402. The molecule has 0 saturated heterocycles. The molecule has 0 fully saturated rings. The Morgan fingerprint density at radius 1 is 0.800 bits per heavy atom. The predicted molar refractivity (Wildman–Crippen MR) is 60.2 cm³/mol. The van der Waals surface area contributed by atoms with Crippen LogP contribution in [-0.4, -0.2) is 14.1 Å². The van der Waals surface area contributed by atoms with E-state index in [0.29, 0.717) is 0 Å². The molecule has 0 saturated carbocycles. The molecule has 88 valence electrons. The zero-order chi connectivity index (χ0) is 12.6. The maximum absolute atomic E-state index is 10.9. The van der Waals surface area contributed by atoms with Crippen LogP contribution in [0.1, 0.15) is 27.7 Å². The largest absolute Gasteiger partial charge is 0.335 e. The minimum atomic E-state index is -0.696. The third-order valence-corrected chi connectivity index (χ3v) is 1.40. The Labute approximate surface area is 88.2 Å².